The number of halogens is 1. The molecule has 0 amide bonds. The average Bonchev–Trinajstić information content (AvgIpc) is 2.47. The Morgan fingerprint density at radius 2 is 2.20 bits per heavy atom. The monoisotopic (exact) mass is 360 g/mol. The molecule has 4 nitrogen and oxygen atoms in total. The van der Waals surface area contributed by atoms with E-state index in [-0.39, 0.29) is 0 Å². The lowest BCUT2D eigenvalue weighted by molar-refractivity contribution is 0.261. The quantitative estimate of drug-likeness (QED) is 0.897. The largest absolute Gasteiger partial charge is 0.326 e. The van der Waals surface area contributed by atoms with Crippen LogP contribution in [0.1, 0.15) is 31.7 Å². The van der Waals surface area contributed by atoms with Crippen molar-refractivity contribution in [1.29, 1.82) is 0 Å². The van der Waals surface area contributed by atoms with Crippen molar-refractivity contribution in [3.63, 3.8) is 0 Å². The normalized spacial score (nSPS) is 21.1. The summed E-state index contributed by atoms with van der Waals surface area (Å²) in [5.41, 5.74) is 6.44. The first-order valence-corrected chi connectivity index (χ1v) is 9.21. The molecule has 2 rings (SSSR count). The van der Waals surface area contributed by atoms with Crippen LogP contribution in [-0.4, -0.2) is 25.8 Å². The standard InChI is InChI=1S/C14H21BrN2O2S/c1-2-11-4-3-7-17(10-11)20(18,19)14-8-12(9-16)5-6-13(14)15/h5-6,8,11H,2-4,7,9-10,16H2,1H3. The van der Waals surface area contributed by atoms with Crippen molar-refractivity contribution in [3.8, 4) is 0 Å². The smallest absolute Gasteiger partial charge is 0.244 e. The van der Waals surface area contributed by atoms with E-state index in [1.54, 1.807) is 16.4 Å². The maximum absolute atomic E-state index is 12.8. The van der Waals surface area contributed by atoms with E-state index in [0.29, 0.717) is 34.9 Å². The second-order valence-corrected chi connectivity index (χ2v) is 8.01. The van der Waals surface area contributed by atoms with Crippen LogP contribution in [0, 0.1) is 5.92 Å². The molecule has 1 atom stereocenters. The van der Waals surface area contributed by atoms with Crippen molar-refractivity contribution in [2.45, 2.75) is 37.6 Å². The van der Waals surface area contributed by atoms with Crippen molar-refractivity contribution in [1.82, 2.24) is 4.31 Å². The Kier molecular flexibility index (Phi) is 5.23. The molecule has 0 spiro atoms. The Hall–Kier alpha value is -0.430. The zero-order chi connectivity index (χ0) is 14.8. The van der Waals surface area contributed by atoms with Crippen LogP contribution in [-0.2, 0) is 16.6 Å². The van der Waals surface area contributed by atoms with Gasteiger partial charge in [-0.05, 0) is 52.4 Å². The molecule has 1 unspecified atom stereocenters. The first-order valence-electron chi connectivity index (χ1n) is 6.97. The molecule has 0 bridgehead atoms. The van der Waals surface area contributed by atoms with Crippen molar-refractivity contribution in [2.24, 2.45) is 11.7 Å². The summed E-state index contributed by atoms with van der Waals surface area (Å²) in [6, 6.07) is 5.28. The van der Waals surface area contributed by atoms with Crippen LogP contribution in [0.5, 0.6) is 0 Å². The van der Waals surface area contributed by atoms with Gasteiger partial charge < -0.3 is 5.73 Å². The van der Waals surface area contributed by atoms with Gasteiger partial charge in [-0.15, -0.1) is 0 Å². The van der Waals surface area contributed by atoms with E-state index in [9.17, 15) is 8.42 Å². The van der Waals surface area contributed by atoms with Crippen molar-refractivity contribution in [2.75, 3.05) is 13.1 Å². The predicted octanol–water partition coefficient (Wildman–Crippen LogP) is 2.72. The van der Waals surface area contributed by atoms with Gasteiger partial charge in [0, 0.05) is 24.1 Å². The zero-order valence-corrected chi connectivity index (χ0v) is 14.1. The Labute approximate surface area is 129 Å². The van der Waals surface area contributed by atoms with Crippen LogP contribution in [0.3, 0.4) is 0 Å². The minimum atomic E-state index is -3.44. The van der Waals surface area contributed by atoms with Gasteiger partial charge in [-0.25, -0.2) is 8.42 Å². The molecule has 0 aliphatic carbocycles. The fourth-order valence-corrected chi connectivity index (χ4v) is 5.12. The molecule has 1 aromatic rings. The van der Waals surface area contributed by atoms with Gasteiger partial charge in [0.1, 0.15) is 0 Å². The maximum atomic E-state index is 12.8. The summed E-state index contributed by atoms with van der Waals surface area (Å²) in [5.74, 6) is 0.468. The molecule has 0 aromatic heterocycles. The summed E-state index contributed by atoms with van der Waals surface area (Å²) in [6.07, 6.45) is 3.08. The van der Waals surface area contributed by atoms with Crippen LogP contribution < -0.4 is 5.73 Å². The van der Waals surface area contributed by atoms with E-state index in [1.807, 2.05) is 6.07 Å². The Balaban J connectivity index is 2.34. The summed E-state index contributed by atoms with van der Waals surface area (Å²) in [5, 5.41) is 0. The van der Waals surface area contributed by atoms with E-state index in [0.717, 1.165) is 24.8 Å². The summed E-state index contributed by atoms with van der Waals surface area (Å²) in [4.78, 5) is 0.331. The number of piperidine rings is 1. The maximum Gasteiger partial charge on any atom is 0.244 e. The molecule has 1 aromatic carbocycles. The molecule has 20 heavy (non-hydrogen) atoms. The zero-order valence-electron chi connectivity index (χ0n) is 11.7. The average molecular weight is 361 g/mol. The van der Waals surface area contributed by atoms with Gasteiger partial charge in [0.2, 0.25) is 10.0 Å². The molecule has 112 valence electrons. The second kappa shape index (κ2) is 6.56. The van der Waals surface area contributed by atoms with Gasteiger partial charge in [-0.3, -0.25) is 0 Å². The van der Waals surface area contributed by atoms with Crippen molar-refractivity contribution < 1.29 is 8.42 Å². The van der Waals surface area contributed by atoms with E-state index in [2.05, 4.69) is 22.9 Å². The SMILES string of the molecule is CCC1CCCN(S(=O)(=O)c2cc(CN)ccc2Br)C1. The van der Waals surface area contributed by atoms with Crippen molar-refractivity contribution >= 4 is 26.0 Å². The highest BCUT2D eigenvalue weighted by Crippen LogP contribution is 2.30. The number of rotatable bonds is 4. The second-order valence-electron chi connectivity index (χ2n) is 5.25. The lowest BCUT2D eigenvalue weighted by Gasteiger charge is -2.31. The first-order chi connectivity index (χ1) is 9.48. The van der Waals surface area contributed by atoms with Crippen LogP contribution in [0.2, 0.25) is 0 Å². The fourth-order valence-electron chi connectivity index (χ4n) is 2.59. The number of benzene rings is 1. The van der Waals surface area contributed by atoms with E-state index in [4.69, 9.17) is 5.73 Å². The molecular formula is C14H21BrN2O2S. The lowest BCUT2D eigenvalue weighted by atomic mass is 9.97. The summed E-state index contributed by atoms with van der Waals surface area (Å²) >= 11 is 3.35. The predicted molar refractivity (Wildman–Crippen MR) is 83.8 cm³/mol. The van der Waals surface area contributed by atoms with E-state index in [1.165, 1.54) is 0 Å². The van der Waals surface area contributed by atoms with Crippen LogP contribution >= 0.6 is 15.9 Å². The minimum Gasteiger partial charge on any atom is -0.326 e. The highest BCUT2D eigenvalue weighted by atomic mass is 79.9. The highest BCUT2D eigenvalue weighted by Gasteiger charge is 2.31. The number of hydrogen-bond donors (Lipinski definition) is 1. The van der Waals surface area contributed by atoms with Crippen molar-refractivity contribution in [3.05, 3.63) is 28.2 Å². The Bertz CT molecular complexity index is 575. The number of sulfonamides is 1. The molecule has 1 fully saturated rings. The van der Waals surface area contributed by atoms with Gasteiger partial charge in [-0.2, -0.15) is 4.31 Å². The Morgan fingerprint density at radius 3 is 2.85 bits per heavy atom. The molecule has 1 aliphatic rings. The molecule has 1 heterocycles. The molecule has 0 radical (unpaired) electrons. The summed E-state index contributed by atoms with van der Waals surface area (Å²) in [7, 11) is -3.44. The molecule has 1 aliphatic heterocycles. The topological polar surface area (TPSA) is 63.4 Å². The van der Waals surface area contributed by atoms with Gasteiger partial charge in [0.25, 0.3) is 0 Å². The lowest BCUT2D eigenvalue weighted by Crippen LogP contribution is -2.39. The molecule has 6 heteroatoms. The number of hydrogen-bond acceptors (Lipinski definition) is 3. The molecule has 2 N–H and O–H groups in total. The summed E-state index contributed by atoms with van der Waals surface area (Å²) in [6.45, 7) is 3.69. The molecule has 1 saturated heterocycles. The summed E-state index contributed by atoms with van der Waals surface area (Å²) < 4.78 is 27.8. The van der Waals surface area contributed by atoms with Gasteiger partial charge in [-0.1, -0.05) is 19.4 Å². The van der Waals surface area contributed by atoms with E-state index < -0.39 is 10.0 Å². The molecular weight excluding hydrogens is 340 g/mol. The van der Waals surface area contributed by atoms with E-state index >= 15 is 0 Å². The van der Waals surface area contributed by atoms with Crippen LogP contribution in [0.4, 0.5) is 0 Å². The van der Waals surface area contributed by atoms with Gasteiger partial charge >= 0.3 is 0 Å². The highest BCUT2D eigenvalue weighted by molar-refractivity contribution is 9.10. The number of nitrogens with two attached hydrogens (primary N) is 1. The van der Waals surface area contributed by atoms with Crippen LogP contribution in [0.15, 0.2) is 27.6 Å². The molecule has 0 saturated carbocycles. The third-order valence-corrected chi connectivity index (χ3v) is 6.77. The van der Waals surface area contributed by atoms with Crippen LogP contribution in [0.25, 0.3) is 0 Å². The van der Waals surface area contributed by atoms with Gasteiger partial charge in [0.05, 0.1) is 4.90 Å². The third-order valence-electron chi connectivity index (χ3n) is 3.91. The van der Waals surface area contributed by atoms with Gasteiger partial charge in [0.15, 0.2) is 0 Å². The third kappa shape index (κ3) is 3.24. The Morgan fingerprint density at radius 1 is 1.45 bits per heavy atom. The minimum absolute atomic E-state index is 0.331. The fraction of sp³-hybridized carbons (Fsp3) is 0.571. The first kappa shape index (κ1) is 15.9. The number of nitrogens with zero attached hydrogens (tertiary/aromatic N) is 1.